The minimum atomic E-state index is -0.664. The summed E-state index contributed by atoms with van der Waals surface area (Å²) in [6.45, 7) is -0.250. The first kappa shape index (κ1) is 8.78. The normalized spacial score (nSPS) is 13.0. The average molecular weight is 196 g/mol. The summed E-state index contributed by atoms with van der Waals surface area (Å²) in [5, 5.41) is 22.1. The Kier molecular flexibility index (Phi) is 2.21. The molecule has 1 unspecified atom stereocenters. The zero-order valence-electron chi connectivity index (χ0n) is 7.08. The molecule has 2 aromatic heterocycles. The number of aliphatic hydroxyl groups excluding tert-OH is 1. The van der Waals surface area contributed by atoms with E-state index in [1.807, 2.05) is 0 Å². The van der Waals surface area contributed by atoms with Gasteiger partial charge in [-0.1, -0.05) is 5.16 Å². The van der Waals surface area contributed by atoms with Gasteiger partial charge in [-0.3, -0.25) is 0 Å². The SMILES string of the molecule is NC(CO)c1nc(-c2cn[nH]n2)no1. The standard InChI is InChI=1S/C6H8N6O2/c7-3(2-13)6-9-5(11-14-6)4-1-8-12-10-4/h1,3,13H,2,7H2,(H,8,10,12). The molecule has 2 rings (SSSR count). The molecule has 0 aliphatic carbocycles. The van der Waals surface area contributed by atoms with E-state index in [0.29, 0.717) is 5.69 Å². The number of nitrogens with zero attached hydrogens (tertiary/aromatic N) is 4. The summed E-state index contributed by atoms with van der Waals surface area (Å²) in [5.74, 6) is 0.461. The Morgan fingerprint density at radius 2 is 2.50 bits per heavy atom. The van der Waals surface area contributed by atoms with Gasteiger partial charge in [-0.05, 0) is 0 Å². The van der Waals surface area contributed by atoms with E-state index in [0.717, 1.165) is 0 Å². The van der Waals surface area contributed by atoms with Crippen LogP contribution in [0.4, 0.5) is 0 Å². The lowest BCUT2D eigenvalue weighted by Crippen LogP contribution is -2.14. The first-order chi connectivity index (χ1) is 6.81. The van der Waals surface area contributed by atoms with Crippen molar-refractivity contribution in [3.8, 4) is 11.5 Å². The summed E-state index contributed by atoms with van der Waals surface area (Å²) in [6.07, 6.45) is 1.46. The molecule has 14 heavy (non-hydrogen) atoms. The Labute approximate surface area is 78.1 Å². The molecule has 4 N–H and O–H groups in total. The molecule has 1 atom stereocenters. The highest BCUT2D eigenvalue weighted by Gasteiger charge is 2.15. The molecule has 0 bridgehead atoms. The van der Waals surface area contributed by atoms with Crippen molar-refractivity contribution < 1.29 is 9.63 Å². The van der Waals surface area contributed by atoms with E-state index < -0.39 is 6.04 Å². The van der Waals surface area contributed by atoms with Crippen LogP contribution in [0.2, 0.25) is 0 Å². The number of nitrogens with one attached hydrogen (secondary N) is 1. The molecule has 0 aromatic carbocycles. The van der Waals surface area contributed by atoms with Crippen molar-refractivity contribution in [3.63, 3.8) is 0 Å². The van der Waals surface area contributed by atoms with Gasteiger partial charge in [0.05, 0.1) is 12.8 Å². The summed E-state index contributed by atoms with van der Waals surface area (Å²) in [4.78, 5) is 3.94. The van der Waals surface area contributed by atoms with Crippen molar-refractivity contribution in [2.75, 3.05) is 6.61 Å². The molecule has 0 saturated heterocycles. The zero-order chi connectivity index (χ0) is 9.97. The molecule has 0 spiro atoms. The zero-order valence-corrected chi connectivity index (χ0v) is 7.08. The lowest BCUT2D eigenvalue weighted by atomic mass is 10.3. The van der Waals surface area contributed by atoms with E-state index >= 15 is 0 Å². The quantitative estimate of drug-likeness (QED) is 0.565. The van der Waals surface area contributed by atoms with Gasteiger partial charge < -0.3 is 15.4 Å². The van der Waals surface area contributed by atoms with Crippen molar-refractivity contribution >= 4 is 0 Å². The maximum absolute atomic E-state index is 8.74. The smallest absolute Gasteiger partial charge is 0.246 e. The van der Waals surface area contributed by atoms with Crippen LogP contribution in [0, 0.1) is 0 Å². The van der Waals surface area contributed by atoms with Crippen molar-refractivity contribution in [2.24, 2.45) is 5.73 Å². The minimum Gasteiger partial charge on any atom is -0.394 e. The molecule has 0 aliphatic heterocycles. The van der Waals surface area contributed by atoms with Crippen LogP contribution < -0.4 is 5.73 Å². The molecule has 8 heteroatoms. The topological polar surface area (TPSA) is 127 Å². The molecule has 0 fully saturated rings. The second-order valence-electron chi connectivity index (χ2n) is 2.60. The second-order valence-corrected chi connectivity index (χ2v) is 2.60. The molecule has 0 saturated carbocycles. The molecular formula is C6H8N6O2. The van der Waals surface area contributed by atoms with Crippen LogP contribution in [0.25, 0.3) is 11.5 Å². The number of hydrogen-bond donors (Lipinski definition) is 3. The Bertz CT molecular complexity index is 396. The summed E-state index contributed by atoms with van der Waals surface area (Å²) < 4.78 is 4.81. The van der Waals surface area contributed by atoms with Gasteiger partial charge in [-0.2, -0.15) is 20.4 Å². The average Bonchev–Trinajstić information content (AvgIpc) is 2.86. The van der Waals surface area contributed by atoms with E-state index in [9.17, 15) is 0 Å². The summed E-state index contributed by atoms with van der Waals surface area (Å²) in [6, 6.07) is -0.664. The highest BCUT2D eigenvalue weighted by Crippen LogP contribution is 2.13. The number of nitrogens with two attached hydrogens (primary N) is 1. The van der Waals surface area contributed by atoms with Gasteiger partial charge >= 0.3 is 0 Å². The fraction of sp³-hybridized carbons (Fsp3) is 0.333. The van der Waals surface area contributed by atoms with Crippen LogP contribution >= 0.6 is 0 Å². The molecular weight excluding hydrogens is 188 g/mol. The van der Waals surface area contributed by atoms with Gasteiger partial charge in [0.1, 0.15) is 6.04 Å². The lowest BCUT2D eigenvalue weighted by Gasteiger charge is -1.97. The molecule has 74 valence electrons. The molecule has 2 heterocycles. The summed E-state index contributed by atoms with van der Waals surface area (Å²) in [7, 11) is 0. The third-order valence-corrected chi connectivity index (χ3v) is 1.60. The third-order valence-electron chi connectivity index (χ3n) is 1.60. The fourth-order valence-corrected chi connectivity index (χ4v) is 0.877. The maximum atomic E-state index is 8.74. The van der Waals surface area contributed by atoms with Crippen LogP contribution in [-0.2, 0) is 0 Å². The number of aliphatic hydroxyl groups is 1. The molecule has 0 radical (unpaired) electrons. The molecule has 2 aromatic rings. The molecule has 0 amide bonds. The van der Waals surface area contributed by atoms with Crippen LogP contribution in [0.1, 0.15) is 11.9 Å². The van der Waals surface area contributed by atoms with Crippen molar-refractivity contribution in [1.82, 2.24) is 25.6 Å². The number of hydrogen-bond acceptors (Lipinski definition) is 7. The predicted molar refractivity (Wildman–Crippen MR) is 43.7 cm³/mol. The van der Waals surface area contributed by atoms with Gasteiger partial charge in [0.25, 0.3) is 0 Å². The first-order valence-electron chi connectivity index (χ1n) is 3.87. The highest BCUT2D eigenvalue weighted by atomic mass is 16.5. The Hall–Kier alpha value is -1.80. The van der Waals surface area contributed by atoms with E-state index in [1.54, 1.807) is 0 Å². The molecule has 0 aliphatic rings. The molecule has 8 nitrogen and oxygen atoms in total. The van der Waals surface area contributed by atoms with E-state index in [1.165, 1.54) is 6.20 Å². The second kappa shape index (κ2) is 3.52. The van der Waals surface area contributed by atoms with E-state index in [-0.39, 0.29) is 18.3 Å². The summed E-state index contributed by atoms with van der Waals surface area (Å²) >= 11 is 0. The summed E-state index contributed by atoms with van der Waals surface area (Å²) in [5.41, 5.74) is 5.93. The van der Waals surface area contributed by atoms with Crippen LogP contribution in [0.15, 0.2) is 10.7 Å². The third kappa shape index (κ3) is 1.47. The van der Waals surface area contributed by atoms with Crippen molar-refractivity contribution in [3.05, 3.63) is 12.1 Å². The maximum Gasteiger partial charge on any atom is 0.246 e. The predicted octanol–water partition coefficient (Wildman–Crippen LogP) is -1.15. The largest absolute Gasteiger partial charge is 0.394 e. The minimum absolute atomic E-state index is 0.172. The Morgan fingerprint density at radius 1 is 1.64 bits per heavy atom. The van der Waals surface area contributed by atoms with E-state index in [4.69, 9.17) is 15.4 Å². The van der Waals surface area contributed by atoms with Crippen LogP contribution in [0.3, 0.4) is 0 Å². The Balaban J connectivity index is 2.26. The lowest BCUT2D eigenvalue weighted by molar-refractivity contribution is 0.237. The Morgan fingerprint density at radius 3 is 3.14 bits per heavy atom. The van der Waals surface area contributed by atoms with E-state index in [2.05, 4.69) is 25.6 Å². The van der Waals surface area contributed by atoms with Gasteiger partial charge in [-0.15, -0.1) is 0 Å². The van der Waals surface area contributed by atoms with Crippen LogP contribution in [0.5, 0.6) is 0 Å². The number of aromatic amines is 1. The first-order valence-corrected chi connectivity index (χ1v) is 3.87. The van der Waals surface area contributed by atoms with Gasteiger partial charge in [0.15, 0.2) is 5.69 Å². The van der Waals surface area contributed by atoms with Gasteiger partial charge in [-0.25, -0.2) is 0 Å². The number of rotatable bonds is 3. The van der Waals surface area contributed by atoms with Crippen LogP contribution in [-0.4, -0.2) is 37.3 Å². The number of H-pyrrole nitrogens is 1. The highest BCUT2D eigenvalue weighted by molar-refractivity contribution is 5.44. The van der Waals surface area contributed by atoms with Crippen molar-refractivity contribution in [1.29, 1.82) is 0 Å². The van der Waals surface area contributed by atoms with Gasteiger partial charge in [0, 0.05) is 0 Å². The number of aromatic nitrogens is 5. The monoisotopic (exact) mass is 196 g/mol. The fourth-order valence-electron chi connectivity index (χ4n) is 0.877. The van der Waals surface area contributed by atoms with Crippen molar-refractivity contribution in [2.45, 2.75) is 6.04 Å². The van der Waals surface area contributed by atoms with Gasteiger partial charge in [0.2, 0.25) is 11.7 Å².